The molecule has 1 N–H and O–H groups in total. The number of aromatic amines is 1. The van der Waals surface area contributed by atoms with Gasteiger partial charge in [0.15, 0.2) is 0 Å². The van der Waals surface area contributed by atoms with Crippen molar-refractivity contribution in [1.29, 1.82) is 0 Å². The number of H-pyrrole nitrogens is 1. The molecule has 2 aromatic carbocycles. The number of aromatic nitrogens is 2. The summed E-state index contributed by atoms with van der Waals surface area (Å²) < 4.78 is 0. The summed E-state index contributed by atoms with van der Waals surface area (Å²) in [6.45, 7) is 4.64. The molecule has 3 aromatic rings. The summed E-state index contributed by atoms with van der Waals surface area (Å²) in [6, 6.07) is 21.7. The Morgan fingerprint density at radius 1 is 1.00 bits per heavy atom. The van der Waals surface area contributed by atoms with Gasteiger partial charge in [-0.3, -0.25) is 0 Å². The van der Waals surface area contributed by atoms with Gasteiger partial charge < -0.3 is 4.98 Å². The molecule has 1 aliphatic rings. The highest BCUT2D eigenvalue weighted by atomic mass is 14.9. The average molecular weight is 354 g/mol. The molecule has 2 heteroatoms. The van der Waals surface area contributed by atoms with Gasteiger partial charge in [-0.15, -0.1) is 0 Å². The van der Waals surface area contributed by atoms with Crippen LogP contribution in [0.5, 0.6) is 0 Å². The molecule has 27 heavy (non-hydrogen) atoms. The summed E-state index contributed by atoms with van der Waals surface area (Å²) in [5.74, 6) is 1.62. The van der Waals surface area contributed by atoms with Gasteiger partial charge in [-0.1, -0.05) is 91.4 Å². The molecule has 2 atom stereocenters. The van der Waals surface area contributed by atoms with E-state index >= 15 is 0 Å². The van der Waals surface area contributed by atoms with Crippen LogP contribution in [-0.4, -0.2) is 9.97 Å². The van der Waals surface area contributed by atoms with Crippen LogP contribution in [0.2, 0.25) is 0 Å². The van der Waals surface area contributed by atoms with Gasteiger partial charge >= 0.3 is 0 Å². The Morgan fingerprint density at radius 2 is 1.63 bits per heavy atom. The maximum atomic E-state index is 4.59. The van der Waals surface area contributed by atoms with E-state index in [0.29, 0.717) is 5.92 Å². The molecule has 0 amide bonds. The van der Waals surface area contributed by atoms with Crippen molar-refractivity contribution >= 4 is 0 Å². The SMILES string of the molecule is CC1=CC=CC(c2ncc[nH]2)C1(C)CC(c1ccccc1)c1ccccc1. The molecule has 1 aromatic heterocycles. The summed E-state index contributed by atoms with van der Waals surface area (Å²) in [5, 5.41) is 0. The Balaban J connectivity index is 1.77. The molecular weight excluding hydrogens is 328 g/mol. The van der Waals surface area contributed by atoms with Crippen LogP contribution in [0.1, 0.15) is 49.1 Å². The number of hydrogen-bond acceptors (Lipinski definition) is 1. The summed E-state index contributed by atoms with van der Waals surface area (Å²) in [5.41, 5.74) is 4.13. The summed E-state index contributed by atoms with van der Waals surface area (Å²) in [4.78, 5) is 7.93. The summed E-state index contributed by atoms with van der Waals surface area (Å²) in [6.07, 6.45) is 11.5. The zero-order valence-electron chi connectivity index (χ0n) is 16.0. The minimum atomic E-state index is -0.0110. The van der Waals surface area contributed by atoms with E-state index in [2.05, 4.69) is 103 Å². The number of allylic oxidation sites excluding steroid dienone is 4. The zero-order chi connectivity index (χ0) is 18.7. The van der Waals surface area contributed by atoms with Crippen molar-refractivity contribution in [2.75, 3.05) is 0 Å². The van der Waals surface area contributed by atoms with Crippen LogP contribution in [0.25, 0.3) is 0 Å². The molecule has 0 radical (unpaired) electrons. The maximum Gasteiger partial charge on any atom is 0.113 e. The average Bonchev–Trinajstić information content (AvgIpc) is 3.24. The Morgan fingerprint density at radius 3 is 2.19 bits per heavy atom. The lowest BCUT2D eigenvalue weighted by molar-refractivity contribution is 0.299. The van der Waals surface area contributed by atoms with Gasteiger partial charge in [-0.2, -0.15) is 0 Å². The minimum Gasteiger partial charge on any atom is -0.348 e. The van der Waals surface area contributed by atoms with Crippen molar-refractivity contribution in [1.82, 2.24) is 9.97 Å². The molecule has 1 heterocycles. The number of hydrogen-bond donors (Lipinski definition) is 1. The van der Waals surface area contributed by atoms with Crippen molar-refractivity contribution < 1.29 is 0 Å². The number of rotatable bonds is 5. The van der Waals surface area contributed by atoms with Crippen LogP contribution in [-0.2, 0) is 0 Å². The first-order valence-electron chi connectivity index (χ1n) is 9.63. The van der Waals surface area contributed by atoms with Crippen LogP contribution in [0.4, 0.5) is 0 Å². The fourth-order valence-electron chi connectivity index (χ4n) is 4.31. The fraction of sp³-hybridized carbons (Fsp3) is 0.240. The third kappa shape index (κ3) is 3.40. The van der Waals surface area contributed by atoms with Gasteiger partial charge in [0.05, 0.1) is 0 Å². The molecule has 0 fully saturated rings. The molecule has 2 nitrogen and oxygen atoms in total. The number of nitrogens with zero attached hydrogens (tertiary/aromatic N) is 1. The highest BCUT2D eigenvalue weighted by Gasteiger charge is 2.40. The van der Waals surface area contributed by atoms with Crippen LogP contribution >= 0.6 is 0 Å². The molecule has 1 aliphatic carbocycles. The highest BCUT2D eigenvalue weighted by molar-refractivity contribution is 5.38. The Kier molecular flexibility index (Phi) is 4.81. The van der Waals surface area contributed by atoms with Gasteiger partial charge in [0.25, 0.3) is 0 Å². The van der Waals surface area contributed by atoms with Crippen molar-refractivity contribution in [2.24, 2.45) is 5.41 Å². The van der Waals surface area contributed by atoms with Crippen molar-refractivity contribution in [3.63, 3.8) is 0 Å². The number of nitrogens with one attached hydrogen (secondary N) is 1. The first kappa shape index (κ1) is 17.5. The minimum absolute atomic E-state index is 0.0110. The van der Waals surface area contributed by atoms with E-state index in [-0.39, 0.29) is 11.3 Å². The Labute approximate surface area is 161 Å². The second-order valence-electron chi connectivity index (χ2n) is 7.68. The summed E-state index contributed by atoms with van der Waals surface area (Å²) >= 11 is 0. The van der Waals surface area contributed by atoms with E-state index in [0.717, 1.165) is 12.2 Å². The van der Waals surface area contributed by atoms with Crippen molar-refractivity contribution in [2.45, 2.75) is 32.1 Å². The molecular formula is C25H26N2. The first-order valence-corrected chi connectivity index (χ1v) is 9.63. The standard InChI is InChI=1S/C25H26N2/c1-19-10-9-15-23(24-26-16-17-27-24)25(19,2)18-22(20-11-5-3-6-12-20)21-13-7-4-8-14-21/h3-17,22-23H,18H2,1-2H3,(H,26,27). The van der Waals surface area contributed by atoms with E-state index < -0.39 is 0 Å². The predicted octanol–water partition coefficient (Wildman–Crippen LogP) is 6.24. The lowest BCUT2D eigenvalue weighted by Gasteiger charge is -2.41. The molecule has 0 saturated carbocycles. The monoisotopic (exact) mass is 354 g/mol. The van der Waals surface area contributed by atoms with Crippen molar-refractivity contribution in [3.05, 3.63) is 114 Å². The van der Waals surface area contributed by atoms with Gasteiger partial charge in [-0.25, -0.2) is 4.98 Å². The van der Waals surface area contributed by atoms with Crippen LogP contribution in [0.15, 0.2) is 96.9 Å². The quantitative estimate of drug-likeness (QED) is 0.577. The molecule has 4 rings (SSSR count). The molecule has 136 valence electrons. The van der Waals surface area contributed by atoms with Crippen molar-refractivity contribution in [3.8, 4) is 0 Å². The van der Waals surface area contributed by atoms with Gasteiger partial charge in [0.1, 0.15) is 5.82 Å². The maximum absolute atomic E-state index is 4.59. The fourth-order valence-corrected chi connectivity index (χ4v) is 4.31. The number of imidazole rings is 1. The number of benzene rings is 2. The molecule has 0 bridgehead atoms. The third-order valence-corrected chi connectivity index (χ3v) is 6.08. The third-order valence-electron chi connectivity index (χ3n) is 6.08. The molecule has 2 unspecified atom stereocenters. The predicted molar refractivity (Wildman–Crippen MR) is 112 cm³/mol. The normalized spacial score (nSPS) is 22.0. The molecule has 0 aliphatic heterocycles. The zero-order valence-corrected chi connectivity index (χ0v) is 16.0. The second-order valence-corrected chi connectivity index (χ2v) is 7.68. The van der Waals surface area contributed by atoms with Gasteiger partial charge in [0.2, 0.25) is 0 Å². The van der Waals surface area contributed by atoms with E-state index in [4.69, 9.17) is 0 Å². The Bertz CT molecular complexity index is 883. The van der Waals surface area contributed by atoms with E-state index in [1.54, 1.807) is 0 Å². The lowest BCUT2D eigenvalue weighted by atomic mass is 9.63. The second kappa shape index (κ2) is 7.40. The highest BCUT2D eigenvalue weighted by Crippen LogP contribution is 2.51. The van der Waals surface area contributed by atoms with Crippen LogP contribution in [0.3, 0.4) is 0 Å². The van der Waals surface area contributed by atoms with E-state index in [1.165, 1.54) is 16.7 Å². The first-order chi connectivity index (χ1) is 13.2. The molecule has 0 saturated heterocycles. The topological polar surface area (TPSA) is 28.7 Å². The summed E-state index contributed by atoms with van der Waals surface area (Å²) in [7, 11) is 0. The Hall–Kier alpha value is -2.87. The van der Waals surface area contributed by atoms with E-state index in [1.807, 2.05) is 12.4 Å². The largest absolute Gasteiger partial charge is 0.348 e. The van der Waals surface area contributed by atoms with Crippen LogP contribution < -0.4 is 0 Å². The van der Waals surface area contributed by atoms with Gasteiger partial charge in [-0.05, 0) is 24.5 Å². The van der Waals surface area contributed by atoms with Crippen LogP contribution in [0, 0.1) is 5.41 Å². The van der Waals surface area contributed by atoms with Gasteiger partial charge in [0, 0.05) is 29.6 Å². The molecule has 0 spiro atoms. The smallest absolute Gasteiger partial charge is 0.113 e. The van der Waals surface area contributed by atoms with E-state index in [9.17, 15) is 0 Å². The lowest BCUT2D eigenvalue weighted by Crippen LogP contribution is -2.31.